The molecule has 2 aliphatic rings. The summed E-state index contributed by atoms with van der Waals surface area (Å²) in [7, 11) is 0. The van der Waals surface area contributed by atoms with Gasteiger partial charge in [-0.25, -0.2) is 0 Å². The molecule has 1 aromatic carbocycles. The lowest BCUT2D eigenvalue weighted by Crippen LogP contribution is -2.55. The summed E-state index contributed by atoms with van der Waals surface area (Å²) >= 11 is 0. The maximum absolute atomic E-state index is 5.63. The number of fused-ring (bicyclic) bond motifs is 1. The predicted molar refractivity (Wildman–Crippen MR) is 86.6 cm³/mol. The SMILES string of the molecule is CCCNC1c2ccccc2CCC1N1CCOCC1C. The van der Waals surface area contributed by atoms with Crippen LogP contribution in [0.15, 0.2) is 24.3 Å². The maximum Gasteiger partial charge on any atom is 0.0619 e. The summed E-state index contributed by atoms with van der Waals surface area (Å²) in [6.45, 7) is 8.46. The van der Waals surface area contributed by atoms with Gasteiger partial charge in [0, 0.05) is 24.7 Å². The molecular formula is C18H28N2O. The lowest BCUT2D eigenvalue weighted by molar-refractivity contribution is -0.0334. The first-order chi connectivity index (χ1) is 10.3. The molecule has 1 aliphatic carbocycles. The van der Waals surface area contributed by atoms with E-state index in [0.29, 0.717) is 18.1 Å². The molecule has 116 valence electrons. The monoisotopic (exact) mass is 288 g/mol. The Bertz CT molecular complexity index is 462. The van der Waals surface area contributed by atoms with Gasteiger partial charge in [0.1, 0.15) is 0 Å². The molecule has 1 fully saturated rings. The number of benzene rings is 1. The molecule has 0 bridgehead atoms. The van der Waals surface area contributed by atoms with Crippen molar-refractivity contribution in [2.75, 3.05) is 26.3 Å². The number of hydrogen-bond donors (Lipinski definition) is 1. The number of rotatable bonds is 4. The molecule has 1 N–H and O–H groups in total. The lowest BCUT2D eigenvalue weighted by Gasteiger charge is -2.45. The minimum atomic E-state index is 0.468. The van der Waals surface area contributed by atoms with Crippen LogP contribution in [0.2, 0.25) is 0 Å². The third-order valence-electron chi connectivity index (χ3n) is 4.94. The maximum atomic E-state index is 5.63. The summed E-state index contributed by atoms with van der Waals surface area (Å²) in [6, 6.07) is 10.6. The Morgan fingerprint density at radius 3 is 3.00 bits per heavy atom. The molecule has 3 nitrogen and oxygen atoms in total. The number of ether oxygens (including phenoxy) is 1. The Morgan fingerprint density at radius 1 is 1.33 bits per heavy atom. The van der Waals surface area contributed by atoms with Gasteiger partial charge in [-0.2, -0.15) is 0 Å². The first-order valence-corrected chi connectivity index (χ1v) is 8.46. The molecule has 0 radical (unpaired) electrons. The fourth-order valence-corrected chi connectivity index (χ4v) is 3.88. The van der Waals surface area contributed by atoms with Crippen molar-refractivity contribution in [3.05, 3.63) is 35.4 Å². The molecule has 1 aromatic rings. The van der Waals surface area contributed by atoms with Crippen LogP contribution in [0, 0.1) is 0 Å². The van der Waals surface area contributed by atoms with Crippen LogP contribution in [0.1, 0.15) is 43.9 Å². The van der Waals surface area contributed by atoms with Gasteiger partial charge in [-0.1, -0.05) is 31.2 Å². The summed E-state index contributed by atoms with van der Waals surface area (Å²) in [5.41, 5.74) is 3.05. The quantitative estimate of drug-likeness (QED) is 0.922. The number of nitrogens with one attached hydrogen (secondary N) is 1. The molecule has 0 amide bonds. The highest BCUT2D eigenvalue weighted by atomic mass is 16.5. The first-order valence-electron chi connectivity index (χ1n) is 8.46. The summed E-state index contributed by atoms with van der Waals surface area (Å²) < 4.78 is 5.63. The first kappa shape index (κ1) is 15.0. The van der Waals surface area contributed by atoms with Gasteiger partial charge < -0.3 is 10.1 Å². The van der Waals surface area contributed by atoms with Crippen molar-refractivity contribution in [3.8, 4) is 0 Å². The molecule has 1 aliphatic heterocycles. The average molecular weight is 288 g/mol. The average Bonchev–Trinajstić information content (AvgIpc) is 2.53. The van der Waals surface area contributed by atoms with Crippen LogP contribution >= 0.6 is 0 Å². The number of aryl methyl sites for hydroxylation is 1. The van der Waals surface area contributed by atoms with E-state index in [4.69, 9.17) is 4.74 Å². The van der Waals surface area contributed by atoms with Gasteiger partial charge in [-0.05, 0) is 43.9 Å². The van der Waals surface area contributed by atoms with E-state index >= 15 is 0 Å². The van der Waals surface area contributed by atoms with Crippen molar-refractivity contribution in [2.24, 2.45) is 0 Å². The molecule has 0 aromatic heterocycles. The molecule has 1 saturated heterocycles. The zero-order valence-electron chi connectivity index (χ0n) is 13.3. The Morgan fingerprint density at radius 2 is 2.19 bits per heavy atom. The van der Waals surface area contributed by atoms with E-state index in [1.165, 1.54) is 30.4 Å². The van der Waals surface area contributed by atoms with Gasteiger partial charge in [0.15, 0.2) is 0 Å². The lowest BCUT2D eigenvalue weighted by atomic mass is 9.82. The molecule has 3 rings (SSSR count). The highest BCUT2D eigenvalue weighted by molar-refractivity contribution is 5.34. The van der Waals surface area contributed by atoms with Crippen molar-refractivity contribution in [3.63, 3.8) is 0 Å². The van der Waals surface area contributed by atoms with E-state index in [1.54, 1.807) is 0 Å². The predicted octanol–water partition coefficient (Wildman–Crippen LogP) is 2.76. The third kappa shape index (κ3) is 3.15. The van der Waals surface area contributed by atoms with E-state index in [0.717, 1.165) is 26.3 Å². The van der Waals surface area contributed by atoms with Crippen LogP contribution in [-0.2, 0) is 11.2 Å². The van der Waals surface area contributed by atoms with Crippen LogP contribution < -0.4 is 5.32 Å². The Balaban J connectivity index is 1.85. The van der Waals surface area contributed by atoms with E-state index < -0.39 is 0 Å². The highest BCUT2D eigenvalue weighted by Crippen LogP contribution is 2.34. The van der Waals surface area contributed by atoms with Crippen molar-refractivity contribution in [1.29, 1.82) is 0 Å². The molecule has 3 heteroatoms. The van der Waals surface area contributed by atoms with E-state index in [9.17, 15) is 0 Å². The van der Waals surface area contributed by atoms with Crippen LogP contribution in [-0.4, -0.2) is 43.3 Å². The molecule has 3 unspecified atom stereocenters. The topological polar surface area (TPSA) is 24.5 Å². The summed E-state index contributed by atoms with van der Waals surface area (Å²) in [4.78, 5) is 2.67. The second-order valence-electron chi connectivity index (χ2n) is 6.40. The Hall–Kier alpha value is -0.900. The highest BCUT2D eigenvalue weighted by Gasteiger charge is 2.36. The van der Waals surface area contributed by atoms with Crippen molar-refractivity contribution in [1.82, 2.24) is 10.2 Å². The van der Waals surface area contributed by atoms with Gasteiger partial charge >= 0.3 is 0 Å². The second-order valence-corrected chi connectivity index (χ2v) is 6.40. The molecular weight excluding hydrogens is 260 g/mol. The smallest absolute Gasteiger partial charge is 0.0619 e. The Labute approximate surface area is 128 Å². The van der Waals surface area contributed by atoms with Crippen molar-refractivity contribution in [2.45, 2.75) is 51.2 Å². The van der Waals surface area contributed by atoms with Gasteiger partial charge in [-0.3, -0.25) is 4.90 Å². The largest absolute Gasteiger partial charge is 0.379 e. The van der Waals surface area contributed by atoms with E-state index in [2.05, 4.69) is 48.3 Å². The number of morpholine rings is 1. The van der Waals surface area contributed by atoms with E-state index in [1.807, 2.05) is 0 Å². The fourth-order valence-electron chi connectivity index (χ4n) is 3.88. The summed E-state index contributed by atoms with van der Waals surface area (Å²) in [5.74, 6) is 0. The molecule has 1 heterocycles. The van der Waals surface area contributed by atoms with Crippen LogP contribution in [0.5, 0.6) is 0 Å². The van der Waals surface area contributed by atoms with Gasteiger partial charge in [0.25, 0.3) is 0 Å². The normalized spacial score (nSPS) is 30.1. The zero-order chi connectivity index (χ0) is 14.7. The third-order valence-corrected chi connectivity index (χ3v) is 4.94. The summed E-state index contributed by atoms with van der Waals surface area (Å²) in [6.07, 6.45) is 3.64. The van der Waals surface area contributed by atoms with Crippen molar-refractivity contribution < 1.29 is 4.74 Å². The van der Waals surface area contributed by atoms with E-state index in [-0.39, 0.29) is 0 Å². The van der Waals surface area contributed by atoms with Crippen molar-refractivity contribution >= 4 is 0 Å². The zero-order valence-corrected chi connectivity index (χ0v) is 13.3. The van der Waals surface area contributed by atoms with Gasteiger partial charge in [0.2, 0.25) is 0 Å². The van der Waals surface area contributed by atoms with Crippen LogP contribution in [0.3, 0.4) is 0 Å². The minimum Gasteiger partial charge on any atom is -0.379 e. The summed E-state index contributed by atoms with van der Waals surface area (Å²) in [5, 5.41) is 3.81. The minimum absolute atomic E-state index is 0.468. The van der Waals surface area contributed by atoms with Gasteiger partial charge in [-0.15, -0.1) is 0 Å². The second kappa shape index (κ2) is 6.91. The number of hydrogen-bond acceptors (Lipinski definition) is 3. The molecule has 3 atom stereocenters. The fraction of sp³-hybridized carbons (Fsp3) is 0.667. The standard InChI is InChI=1S/C18H28N2O/c1-3-10-19-18-16-7-5-4-6-15(16)8-9-17(18)20-11-12-21-13-14(20)2/h4-7,14,17-19H,3,8-13H2,1-2H3. The Kier molecular flexibility index (Phi) is 4.94. The van der Waals surface area contributed by atoms with Crippen LogP contribution in [0.25, 0.3) is 0 Å². The molecule has 0 saturated carbocycles. The molecule has 0 spiro atoms. The van der Waals surface area contributed by atoms with Crippen LogP contribution in [0.4, 0.5) is 0 Å². The van der Waals surface area contributed by atoms with Gasteiger partial charge in [0.05, 0.1) is 13.2 Å². The number of nitrogens with zero attached hydrogens (tertiary/aromatic N) is 1. The molecule has 21 heavy (non-hydrogen) atoms.